The number of carbonyl (C=O) groups excluding carboxylic acids is 1. The van der Waals surface area contributed by atoms with Gasteiger partial charge in [0, 0.05) is 0 Å². The van der Waals surface area contributed by atoms with Gasteiger partial charge in [-0.1, -0.05) is 6.07 Å². The first kappa shape index (κ1) is 12.9. The molecule has 100 valence electrons. The average Bonchev–Trinajstić information content (AvgIpc) is 2.80. The van der Waals surface area contributed by atoms with Crippen molar-refractivity contribution in [3.63, 3.8) is 0 Å². The Morgan fingerprint density at radius 1 is 1.47 bits per heavy atom. The maximum absolute atomic E-state index is 13.4. The summed E-state index contributed by atoms with van der Waals surface area (Å²) < 4.78 is 31.3. The molecule has 0 saturated carbocycles. The summed E-state index contributed by atoms with van der Waals surface area (Å²) in [5, 5.41) is 8.29. The van der Waals surface area contributed by atoms with Gasteiger partial charge in [-0.15, -0.1) is 5.10 Å². The van der Waals surface area contributed by atoms with E-state index in [0.29, 0.717) is 6.61 Å². The van der Waals surface area contributed by atoms with Crippen molar-refractivity contribution in [2.45, 2.75) is 6.92 Å². The third-order valence-corrected chi connectivity index (χ3v) is 2.17. The standard InChI is InChI=1S/C11H10F2N4O2/c1-2-19-11-15-10(16-17-11)14-9(18)6-4-3-5-7(12)8(6)13/h3-5H,2H2,1H3,(H2,14,15,16,17,18). The Hall–Kier alpha value is -2.51. The molecule has 0 saturated heterocycles. The SMILES string of the molecule is CCOc1n[nH]c(NC(=O)c2cccc(F)c2F)n1. The zero-order valence-electron chi connectivity index (χ0n) is 9.91. The van der Waals surface area contributed by atoms with E-state index in [4.69, 9.17) is 4.74 Å². The Kier molecular flexibility index (Phi) is 3.69. The van der Waals surface area contributed by atoms with Crippen molar-refractivity contribution in [1.82, 2.24) is 15.2 Å². The fourth-order valence-corrected chi connectivity index (χ4v) is 1.35. The quantitative estimate of drug-likeness (QED) is 0.885. The number of aromatic amines is 1. The number of nitrogens with zero attached hydrogens (tertiary/aromatic N) is 2. The Morgan fingerprint density at radius 2 is 2.26 bits per heavy atom. The highest BCUT2D eigenvalue weighted by atomic mass is 19.2. The lowest BCUT2D eigenvalue weighted by Crippen LogP contribution is -2.15. The van der Waals surface area contributed by atoms with Crippen LogP contribution in [0.4, 0.5) is 14.7 Å². The third-order valence-electron chi connectivity index (χ3n) is 2.17. The van der Waals surface area contributed by atoms with E-state index in [1.807, 2.05) is 0 Å². The lowest BCUT2D eigenvalue weighted by molar-refractivity contribution is 0.102. The first-order chi connectivity index (χ1) is 9.11. The normalized spacial score (nSPS) is 10.3. The average molecular weight is 268 g/mol. The van der Waals surface area contributed by atoms with E-state index in [2.05, 4.69) is 20.5 Å². The van der Waals surface area contributed by atoms with Gasteiger partial charge in [-0.2, -0.15) is 4.98 Å². The predicted molar refractivity (Wildman–Crippen MR) is 61.9 cm³/mol. The van der Waals surface area contributed by atoms with Crippen LogP contribution in [0.2, 0.25) is 0 Å². The Labute approximate surface area is 106 Å². The number of nitrogens with one attached hydrogen (secondary N) is 2. The molecule has 19 heavy (non-hydrogen) atoms. The number of hydrogen-bond donors (Lipinski definition) is 2. The van der Waals surface area contributed by atoms with Gasteiger partial charge < -0.3 is 4.74 Å². The van der Waals surface area contributed by atoms with Crippen molar-refractivity contribution in [2.75, 3.05) is 11.9 Å². The largest absolute Gasteiger partial charge is 0.463 e. The lowest BCUT2D eigenvalue weighted by Gasteiger charge is -2.03. The van der Waals surface area contributed by atoms with Crippen LogP contribution in [0.15, 0.2) is 18.2 Å². The van der Waals surface area contributed by atoms with Crippen LogP contribution in [0.25, 0.3) is 0 Å². The molecule has 8 heteroatoms. The van der Waals surface area contributed by atoms with Crippen LogP contribution in [0, 0.1) is 11.6 Å². The highest BCUT2D eigenvalue weighted by molar-refractivity contribution is 6.03. The van der Waals surface area contributed by atoms with Gasteiger partial charge in [-0.3, -0.25) is 10.1 Å². The Bertz CT molecular complexity index is 600. The molecule has 2 N–H and O–H groups in total. The Morgan fingerprint density at radius 3 is 3.00 bits per heavy atom. The number of ether oxygens (including phenoxy) is 1. The monoisotopic (exact) mass is 268 g/mol. The van der Waals surface area contributed by atoms with Crippen molar-refractivity contribution in [3.8, 4) is 6.01 Å². The highest BCUT2D eigenvalue weighted by Gasteiger charge is 2.16. The Balaban J connectivity index is 2.14. The van der Waals surface area contributed by atoms with E-state index in [1.54, 1.807) is 6.92 Å². The summed E-state index contributed by atoms with van der Waals surface area (Å²) in [5.41, 5.74) is -0.422. The van der Waals surface area contributed by atoms with E-state index in [9.17, 15) is 13.6 Å². The van der Waals surface area contributed by atoms with Crippen LogP contribution in [0.5, 0.6) is 6.01 Å². The lowest BCUT2D eigenvalue weighted by atomic mass is 10.2. The topological polar surface area (TPSA) is 79.9 Å². The molecule has 6 nitrogen and oxygen atoms in total. The molecule has 0 aliphatic heterocycles. The molecule has 0 aliphatic rings. The summed E-state index contributed by atoms with van der Waals surface area (Å²) >= 11 is 0. The number of amides is 1. The van der Waals surface area contributed by atoms with Gasteiger partial charge in [0.25, 0.3) is 5.91 Å². The second kappa shape index (κ2) is 5.42. The predicted octanol–water partition coefficient (Wildman–Crippen LogP) is 1.73. The summed E-state index contributed by atoms with van der Waals surface area (Å²) in [6.45, 7) is 2.11. The second-order valence-corrected chi connectivity index (χ2v) is 3.46. The molecule has 0 spiro atoms. The molecule has 1 aromatic heterocycles. The number of anilines is 1. The van der Waals surface area contributed by atoms with Crippen molar-refractivity contribution >= 4 is 11.9 Å². The first-order valence-electron chi connectivity index (χ1n) is 5.42. The minimum Gasteiger partial charge on any atom is -0.463 e. The molecule has 0 aliphatic carbocycles. The van der Waals surface area contributed by atoms with Gasteiger partial charge in [0.1, 0.15) is 0 Å². The van der Waals surface area contributed by atoms with E-state index in [1.165, 1.54) is 6.07 Å². The molecule has 0 radical (unpaired) electrons. The second-order valence-electron chi connectivity index (χ2n) is 3.46. The van der Waals surface area contributed by atoms with Gasteiger partial charge >= 0.3 is 6.01 Å². The van der Waals surface area contributed by atoms with Crippen molar-refractivity contribution in [2.24, 2.45) is 0 Å². The molecule has 0 atom stereocenters. The zero-order chi connectivity index (χ0) is 13.8. The molecule has 0 unspecified atom stereocenters. The van der Waals surface area contributed by atoms with Crippen molar-refractivity contribution in [3.05, 3.63) is 35.4 Å². The first-order valence-corrected chi connectivity index (χ1v) is 5.42. The number of rotatable bonds is 4. The van der Waals surface area contributed by atoms with E-state index >= 15 is 0 Å². The van der Waals surface area contributed by atoms with Gasteiger partial charge in [0.15, 0.2) is 11.6 Å². The molecule has 0 fully saturated rings. The molecule has 1 aromatic carbocycles. The highest BCUT2D eigenvalue weighted by Crippen LogP contribution is 2.13. The van der Waals surface area contributed by atoms with Crippen LogP contribution in [0.3, 0.4) is 0 Å². The van der Waals surface area contributed by atoms with Crippen LogP contribution in [0.1, 0.15) is 17.3 Å². The molecule has 1 heterocycles. The molecular formula is C11H10F2N4O2. The van der Waals surface area contributed by atoms with E-state index in [0.717, 1.165) is 12.1 Å². The molecule has 1 amide bonds. The number of aromatic nitrogens is 3. The minimum absolute atomic E-state index is 0.0166. The van der Waals surface area contributed by atoms with Gasteiger partial charge in [-0.05, 0) is 19.1 Å². The fraction of sp³-hybridized carbons (Fsp3) is 0.182. The summed E-state index contributed by atoms with van der Waals surface area (Å²) in [6.07, 6.45) is 0. The number of benzene rings is 1. The number of carbonyl (C=O) groups is 1. The molecule has 2 rings (SSSR count). The molecule has 0 bridgehead atoms. The number of halogens is 2. The molecule has 2 aromatic rings. The smallest absolute Gasteiger partial charge is 0.337 e. The summed E-state index contributed by atoms with van der Waals surface area (Å²) in [5.74, 6) is -3.17. The maximum atomic E-state index is 13.4. The zero-order valence-corrected chi connectivity index (χ0v) is 9.91. The minimum atomic E-state index is -1.22. The number of H-pyrrole nitrogens is 1. The fourth-order valence-electron chi connectivity index (χ4n) is 1.35. The third kappa shape index (κ3) is 2.84. The number of hydrogen-bond acceptors (Lipinski definition) is 4. The van der Waals surface area contributed by atoms with Crippen LogP contribution in [-0.2, 0) is 0 Å². The van der Waals surface area contributed by atoms with Crippen LogP contribution >= 0.6 is 0 Å². The maximum Gasteiger partial charge on any atom is 0.337 e. The van der Waals surface area contributed by atoms with Gasteiger partial charge in [0.05, 0.1) is 12.2 Å². The summed E-state index contributed by atoms with van der Waals surface area (Å²) in [4.78, 5) is 15.5. The van der Waals surface area contributed by atoms with Crippen LogP contribution in [-0.4, -0.2) is 27.7 Å². The van der Waals surface area contributed by atoms with E-state index < -0.39 is 23.1 Å². The van der Waals surface area contributed by atoms with Gasteiger partial charge in [0.2, 0.25) is 5.95 Å². The summed E-state index contributed by atoms with van der Waals surface area (Å²) in [6, 6.07) is 3.37. The van der Waals surface area contributed by atoms with Gasteiger partial charge in [-0.25, -0.2) is 13.9 Å². The summed E-state index contributed by atoms with van der Waals surface area (Å²) in [7, 11) is 0. The van der Waals surface area contributed by atoms with E-state index in [-0.39, 0.29) is 12.0 Å². The molecular weight excluding hydrogens is 258 g/mol. The van der Waals surface area contributed by atoms with Crippen LogP contribution < -0.4 is 10.1 Å². The van der Waals surface area contributed by atoms with Crippen molar-refractivity contribution < 1.29 is 18.3 Å². The van der Waals surface area contributed by atoms with Crippen molar-refractivity contribution in [1.29, 1.82) is 0 Å².